The molecular weight excluding hydrogens is 276 g/mol. The van der Waals surface area contributed by atoms with E-state index in [-0.39, 0.29) is 0 Å². The summed E-state index contributed by atoms with van der Waals surface area (Å²) in [5.41, 5.74) is 0.608. The summed E-state index contributed by atoms with van der Waals surface area (Å²) in [7, 11) is -0.173. The number of hydrogen-bond donors (Lipinski definition) is 0. The molecule has 0 N–H and O–H groups in total. The van der Waals surface area contributed by atoms with Crippen molar-refractivity contribution >= 4 is 21.4 Å². The molecule has 0 fully saturated rings. The van der Waals surface area contributed by atoms with E-state index in [4.69, 9.17) is 21.1 Å². The normalized spacial score (nSPS) is 14.9. The molecule has 2 unspecified atom stereocenters. The number of halogens is 1. The molecule has 1 rings (SSSR count). The van der Waals surface area contributed by atoms with E-state index in [1.807, 2.05) is 0 Å². The van der Waals surface area contributed by atoms with Gasteiger partial charge in [0.05, 0.1) is 24.8 Å². The molecule has 0 bridgehead atoms. The molecule has 0 heterocycles. The Labute approximate surface area is 113 Å². The molecule has 0 radical (unpaired) electrons. The predicted octanol–water partition coefficient (Wildman–Crippen LogP) is 2.42. The summed E-state index contributed by atoms with van der Waals surface area (Å²) >= 11 is 6.24. The van der Waals surface area contributed by atoms with Crippen LogP contribution in [-0.2, 0) is 9.84 Å². The van der Waals surface area contributed by atoms with E-state index in [0.29, 0.717) is 17.1 Å². The fourth-order valence-corrected chi connectivity index (χ4v) is 2.84. The Kier molecular flexibility index (Phi) is 4.87. The van der Waals surface area contributed by atoms with Crippen molar-refractivity contribution in [1.29, 1.82) is 0 Å². The fourth-order valence-electron chi connectivity index (χ4n) is 1.52. The first-order valence-corrected chi connectivity index (χ1v) is 7.75. The summed E-state index contributed by atoms with van der Waals surface area (Å²) in [6, 6.07) is 5.13. The number of alkyl halides is 1. The van der Waals surface area contributed by atoms with Crippen LogP contribution in [0.4, 0.5) is 0 Å². The quantitative estimate of drug-likeness (QED) is 0.782. The molecule has 0 saturated carbocycles. The third-order valence-electron chi connectivity index (χ3n) is 2.82. The SMILES string of the molecule is COc1ccc(OC)c(C(Cl)C(C)S(C)(=O)=O)c1. The lowest BCUT2D eigenvalue weighted by molar-refractivity contribution is 0.398. The van der Waals surface area contributed by atoms with Crippen molar-refractivity contribution in [2.75, 3.05) is 20.5 Å². The zero-order valence-electron chi connectivity index (χ0n) is 10.8. The van der Waals surface area contributed by atoms with Crippen LogP contribution in [0.25, 0.3) is 0 Å². The number of rotatable bonds is 5. The molecule has 0 aliphatic rings. The van der Waals surface area contributed by atoms with Crippen molar-refractivity contribution in [3.05, 3.63) is 23.8 Å². The first kappa shape index (κ1) is 15.1. The molecule has 1 aromatic carbocycles. The van der Waals surface area contributed by atoms with Gasteiger partial charge < -0.3 is 9.47 Å². The zero-order chi connectivity index (χ0) is 13.9. The summed E-state index contributed by atoms with van der Waals surface area (Å²) in [5.74, 6) is 1.16. The Morgan fingerprint density at radius 3 is 2.28 bits per heavy atom. The number of hydrogen-bond acceptors (Lipinski definition) is 4. The molecule has 102 valence electrons. The van der Waals surface area contributed by atoms with E-state index < -0.39 is 20.5 Å². The van der Waals surface area contributed by atoms with Gasteiger partial charge in [-0.1, -0.05) is 0 Å². The summed E-state index contributed by atoms with van der Waals surface area (Å²) in [6.07, 6.45) is 1.17. The number of benzene rings is 1. The van der Waals surface area contributed by atoms with Crippen LogP contribution >= 0.6 is 11.6 Å². The van der Waals surface area contributed by atoms with Gasteiger partial charge in [0.25, 0.3) is 0 Å². The molecule has 0 aliphatic heterocycles. The van der Waals surface area contributed by atoms with Crippen molar-refractivity contribution in [2.45, 2.75) is 17.6 Å². The van der Waals surface area contributed by atoms with Crippen LogP contribution in [0, 0.1) is 0 Å². The lowest BCUT2D eigenvalue weighted by Crippen LogP contribution is -2.21. The van der Waals surface area contributed by atoms with Crippen LogP contribution < -0.4 is 9.47 Å². The Bertz CT molecular complexity index is 513. The van der Waals surface area contributed by atoms with Gasteiger partial charge in [0.15, 0.2) is 9.84 Å². The second kappa shape index (κ2) is 5.80. The Hall–Kier alpha value is -0.940. The average Bonchev–Trinajstić information content (AvgIpc) is 2.35. The lowest BCUT2D eigenvalue weighted by atomic mass is 10.1. The van der Waals surface area contributed by atoms with E-state index in [2.05, 4.69) is 0 Å². The molecule has 6 heteroatoms. The van der Waals surface area contributed by atoms with E-state index in [0.717, 1.165) is 0 Å². The van der Waals surface area contributed by atoms with Crippen LogP contribution in [-0.4, -0.2) is 34.1 Å². The number of methoxy groups -OCH3 is 2. The van der Waals surface area contributed by atoms with Gasteiger partial charge in [0.1, 0.15) is 11.5 Å². The van der Waals surface area contributed by atoms with Crippen LogP contribution in [0.3, 0.4) is 0 Å². The third-order valence-corrected chi connectivity index (χ3v) is 5.21. The first-order chi connectivity index (χ1) is 8.31. The van der Waals surface area contributed by atoms with Crippen molar-refractivity contribution in [3.63, 3.8) is 0 Å². The molecule has 0 spiro atoms. The fraction of sp³-hybridized carbons (Fsp3) is 0.500. The standard InChI is InChI=1S/C12H17ClO4S/c1-8(18(4,14)15)12(13)10-7-9(16-2)5-6-11(10)17-3/h5-8,12H,1-4H3. The third kappa shape index (κ3) is 3.29. The number of ether oxygens (including phenoxy) is 2. The summed E-state index contributed by atoms with van der Waals surface area (Å²) in [4.78, 5) is 0. The first-order valence-electron chi connectivity index (χ1n) is 5.36. The second-order valence-corrected chi connectivity index (χ2v) is 6.92. The van der Waals surface area contributed by atoms with Crippen molar-refractivity contribution < 1.29 is 17.9 Å². The van der Waals surface area contributed by atoms with Crippen molar-refractivity contribution in [2.24, 2.45) is 0 Å². The highest BCUT2D eigenvalue weighted by molar-refractivity contribution is 7.91. The van der Waals surface area contributed by atoms with E-state index in [9.17, 15) is 8.42 Å². The highest BCUT2D eigenvalue weighted by Crippen LogP contribution is 2.36. The second-order valence-electron chi connectivity index (χ2n) is 4.04. The van der Waals surface area contributed by atoms with Crippen LogP contribution in [0.5, 0.6) is 11.5 Å². The largest absolute Gasteiger partial charge is 0.497 e. The Morgan fingerprint density at radius 2 is 1.83 bits per heavy atom. The van der Waals surface area contributed by atoms with E-state index >= 15 is 0 Å². The minimum atomic E-state index is -3.22. The summed E-state index contributed by atoms with van der Waals surface area (Å²) in [5, 5.41) is -1.40. The van der Waals surface area contributed by atoms with Gasteiger partial charge in [-0.15, -0.1) is 11.6 Å². The maximum atomic E-state index is 11.5. The molecule has 0 saturated heterocycles. The molecule has 1 aromatic rings. The van der Waals surface area contributed by atoms with Crippen LogP contribution in [0.1, 0.15) is 17.9 Å². The van der Waals surface area contributed by atoms with Crippen LogP contribution in [0.15, 0.2) is 18.2 Å². The highest BCUT2D eigenvalue weighted by atomic mass is 35.5. The number of sulfone groups is 1. The summed E-state index contributed by atoms with van der Waals surface area (Å²) < 4.78 is 33.4. The van der Waals surface area contributed by atoms with Crippen molar-refractivity contribution in [1.82, 2.24) is 0 Å². The predicted molar refractivity (Wildman–Crippen MR) is 72.4 cm³/mol. The van der Waals surface area contributed by atoms with Gasteiger partial charge in [-0.25, -0.2) is 8.42 Å². The minimum absolute atomic E-state index is 0.548. The lowest BCUT2D eigenvalue weighted by Gasteiger charge is -2.19. The van der Waals surface area contributed by atoms with Gasteiger partial charge in [0.2, 0.25) is 0 Å². The monoisotopic (exact) mass is 292 g/mol. The maximum Gasteiger partial charge on any atom is 0.151 e. The topological polar surface area (TPSA) is 52.6 Å². The average molecular weight is 293 g/mol. The zero-order valence-corrected chi connectivity index (χ0v) is 12.4. The highest BCUT2D eigenvalue weighted by Gasteiger charge is 2.28. The van der Waals surface area contributed by atoms with E-state index in [1.54, 1.807) is 25.1 Å². The smallest absolute Gasteiger partial charge is 0.151 e. The molecule has 2 atom stereocenters. The molecule has 0 amide bonds. The van der Waals surface area contributed by atoms with Crippen molar-refractivity contribution in [3.8, 4) is 11.5 Å². The molecule has 0 aromatic heterocycles. The van der Waals surface area contributed by atoms with Gasteiger partial charge in [0, 0.05) is 11.8 Å². The summed E-state index contributed by atoms with van der Waals surface area (Å²) in [6.45, 7) is 1.58. The van der Waals surface area contributed by atoms with E-state index in [1.165, 1.54) is 20.5 Å². The van der Waals surface area contributed by atoms with Gasteiger partial charge in [-0.2, -0.15) is 0 Å². The molecular formula is C12H17ClO4S. The maximum absolute atomic E-state index is 11.5. The van der Waals surface area contributed by atoms with Crippen LogP contribution in [0.2, 0.25) is 0 Å². The molecule has 0 aliphatic carbocycles. The van der Waals surface area contributed by atoms with Gasteiger partial charge >= 0.3 is 0 Å². The molecule has 4 nitrogen and oxygen atoms in total. The Morgan fingerprint density at radius 1 is 1.22 bits per heavy atom. The molecule has 18 heavy (non-hydrogen) atoms. The Balaban J connectivity index is 3.22. The van der Waals surface area contributed by atoms with Gasteiger partial charge in [-0.3, -0.25) is 0 Å². The minimum Gasteiger partial charge on any atom is -0.497 e. The van der Waals surface area contributed by atoms with Gasteiger partial charge in [-0.05, 0) is 25.1 Å².